The lowest BCUT2D eigenvalue weighted by Gasteiger charge is -2.10. The maximum atomic E-state index is 11.2. The van der Waals surface area contributed by atoms with Crippen LogP contribution in [-0.2, 0) is 0 Å². The summed E-state index contributed by atoms with van der Waals surface area (Å²) in [7, 11) is 0. The topological polar surface area (TPSA) is 62.2 Å². The number of rotatable bonds is 3. The van der Waals surface area contributed by atoms with E-state index in [-0.39, 0.29) is 5.56 Å². The molecule has 0 atom stereocenters. The van der Waals surface area contributed by atoms with Gasteiger partial charge in [-0.15, -0.1) is 11.3 Å². The third-order valence-corrected chi connectivity index (χ3v) is 4.87. The fourth-order valence-electron chi connectivity index (χ4n) is 2.79. The summed E-state index contributed by atoms with van der Waals surface area (Å²) < 4.78 is 1.10. The van der Waals surface area contributed by atoms with Gasteiger partial charge in [-0.25, -0.2) is 9.78 Å². The van der Waals surface area contributed by atoms with Crippen molar-refractivity contribution in [2.75, 3.05) is 5.32 Å². The van der Waals surface area contributed by atoms with Gasteiger partial charge in [0, 0.05) is 21.2 Å². The van der Waals surface area contributed by atoms with Crippen molar-refractivity contribution in [3.63, 3.8) is 0 Å². The maximum Gasteiger partial charge on any atom is 0.335 e. The summed E-state index contributed by atoms with van der Waals surface area (Å²) >= 11 is 1.63. The molecule has 4 rings (SSSR count). The quantitative estimate of drug-likeness (QED) is 0.540. The molecule has 0 saturated heterocycles. The van der Waals surface area contributed by atoms with Crippen LogP contribution in [0, 0.1) is 6.92 Å². The summed E-state index contributed by atoms with van der Waals surface area (Å²) in [6.07, 6.45) is 0. The number of carboxylic acids is 1. The van der Waals surface area contributed by atoms with Crippen molar-refractivity contribution in [2.24, 2.45) is 0 Å². The number of anilines is 2. The number of benzene rings is 2. The molecule has 0 saturated carbocycles. The molecule has 4 nitrogen and oxygen atoms in total. The number of fused-ring (bicyclic) bond motifs is 3. The number of carbonyl (C=O) groups is 1. The van der Waals surface area contributed by atoms with E-state index in [4.69, 9.17) is 0 Å². The van der Waals surface area contributed by atoms with Gasteiger partial charge in [-0.2, -0.15) is 0 Å². The Bertz CT molecular complexity index is 1090. The van der Waals surface area contributed by atoms with Gasteiger partial charge in [0.25, 0.3) is 0 Å². The summed E-state index contributed by atoms with van der Waals surface area (Å²) in [5.41, 5.74) is 3.05. The molecule has 0 unspecified atom stereocenters. The van der Waals surface area contributed by atoms with Gasteiger partial charge in [-0.3, -0.25) is 0 Å². The smallest absolute Gasteiger partial charge is 0.335 e. The molecule has 2 N–H and O–H groups in total. The minimum Gasteiger partial charge on any atom is -0.478 e. The van der Waals surface area contributed by atoms with Crippen LogP contribution in [0.5, 0.6) is 0 Å². The molecule has 0 aliphatic carbocycles. The molecule has 0 fully saturated rings. The first-order valence-corrected chi connectivity index (χ1v) is 8.38. The number of aromatic nitrogens is 1. The van der Waals surface area contributed by atoms with Crippen molar-refractivity contribution in [3.05, 3.63) is 65.0 Å². The highest BCUT2D eigenvalue weighted by molar-refractivity contribution is 7.18. The third kappa shape index (κ3) is 2.49. The minimum atomic E-state index is -0.946. The number of hydrogen-bond donors (Lipinski definition) is 2. The number of carboxylic acid groups (broad SMARTS) is 1. The third-order valence-electron chi connectivity index (χ3n) is 3.92. The number of nitrogens with one attached hydrogen (secondary N) is 1. The predicted octanol–water partition coefficient (Wildman–Crippen LogP) is 5.20. The van der Waals surface area contributed by atoms with Crippen LogP contribution in [-0.4, -0.2) is 16.1 Å². The average Bonchev–Trinajstić information content (AvgIpc) is 3.04. The number of hydrogen-bond acceptors (Lipinski definition) is 4. The predicted molar refractivity (Wildman–Crippen MR) is 98.5 cm³/mol. The van der Waals surface area contributed by atoms with Crippen LogP contribution in [0.1, 0.15) is 15.9 Å². The van der Waals surface area contributed by atoms with Crippen molar-refractivity contribution in [1.29, 1.82) is 0 Å². The molecular weight excluding hydrogens is 320 g/mol. The van der Waals surface area contributed by atoms with Gasteiger partial charge in [0.2, 0.25) is 0 Å². The summed E-state index contributed by atoms with van der Waals surface area (Å²) in [6.45, 7) is 2.04. The Labute approximate surface area is 142 Å². The summed E-state index contributed by atoms with van der Waals surface area (Å²) in [5, 5.41) is 16.6. The number of pyridine rings is 1. The zero-order chi connectivity index (χ0) is 16.7. The molecule has 2 aromatic carbocycles. The second-order valence-electron chi connectivity index (χ2n) is 5.66. The van der Waals surface area contributed by atoms with E-state index in [0.717, 1.165) is 32.5 Å². The van der Waals surface area contributed by atoms with E-state index in [1.165, 1.54) is 0 Å². The normalized spacial score (nSPS) is 11.0. The van der Waals surface area contributed by atoms with Crippen LogP contribution < -0.4 is 5.32 Å². The Kier molecular flexibility index (Phi) is 3.43. The van der Waals surface area contributed by atoms with Gasteiger partial charge in [0.15, 0.2) is 0 Å². The Morgan fingerprint density at radius 3 is 2.79 bits per heavy atom. The zero-order valence-corrected chi connectivity index (χ0v) is 13.7. The first-order valence-electron chi connectivity index (χ1n) is 7.50. The molecular formula is C19H14N2O2S. The lowest BCUT2D eigenvalue weighted by Crippen LogP contribution is -1.98. The molecule has 0 radical (unpaired) electrons. The van der Waals surface area contributed by atoms with E-state index in [9.17, 15) is 9.90 Å². The van der Waals surface area contributed by atoms with Gasteiger partial charge in [0.05, 0.1) is 11.1 Å². The molecule has 118 valence electrons. The van der Waals surface area contributed by atoms with E-state index in [2.05, 4.69) is 16.4 Å². The minimum absolute atomic E-state index is 0.243. The zero-order valence-electron chi connectivity index (χ0n) is 12.9. The van der Waals surface area contributed by atoms with Crippen LogP contribution in [0.2, 0.25) is 0 Å². The number of thiophene rings is 1. The van der Waals surface area contributed by atoms with Crippen LogP contribution in [0.4, 0.5) is 11.5 Å². The average molecular weight is 334 g/mol. The lowest BCUT2D eigenvalue weighted by atomic mass is 10.1. The van der Waals surface area contributed by atoms with Crippen LogP contribution in [0.25, 0.3) is 21.0 Å². The molecule has 4 aromatic rings. The van der Waals surface area contributed by atoms with Gasteiger partial charge >= 0.3 is 5.97 Å². The molecule has 0 aliphatic rings. The molecule has 0 spiro atoms. The van der Waals surface area contributed by atoms with Crippen molar-refractivity contribution in [1.82, 2.24) is 4.98 Å². The standard InChI is InChI=1S/C19H14N2O2S/c1-11-3-2-4-13(9-11)20-18-15-7-8-24-17(15)14-6-5-12(19(22)23)10-16(14)21-18/h2-10H,1H3,(H,20,21)(H,22,23). The molecule has 2 heterocycles. The van der Waals surface area contributed by atoms with Crippen LogP contribution in [0.15, 0.2) is 53.9 Å². The summed E-state index contributed by atoms with van der Waals surface area (Å²) in [5.74, 6) is -0.204. The molecule has 0 bridgehead atoms. The highest BCUT2D eigenvalue weighted by atomic mass is 32.1. The Morgan fingerprint density at radius 2 is 2.00 bits per heavy atom. The van der Waals surface area contributed by atoms with Gasteiger partial charge in [0.1, 0.15) is 5.82 Å². The highest BCUT2D eigenvalue weighted by Gasteiger charge is 2.12. The van der Waals surface area contributed by atoms with Gasteiger partial charge in [-0.05, 0) is 48.2 Å². The van der Waals surface area contributed by atoms with Gasteiger partial charge < -0.3 is 10.4 Å². The molecule has 0 aliphatic heterocycles. The molecule has 0 amide bonds. The second-order valence-corrected chi connectivity index (χ2v) is 6.57. The maximum absolute atomic E-state index is 11.2. The highest BCUT2D eigenvalue weighted by Crippen LogP contribution is 2.35. The van der Waals surface area contributed by atoms with Crippen molar-refractivity contribution in [3.8, 4) is 0 Å². The monoisotopic (exact) mass is 334 g/mol. The van der Waals surface area contributed by atoms with E-state index < -0.39 is 5.97 Å². The van der Waals surface area contributed by atoms with E-state index in [1.807, 2.05) is 42.6 Å². The first kappa shape index (κ1) is 14.7. The number of aromatic carboxylic acids is 1. The fraction of sp³-hybridized carbons (Fsp3) is 0.0526. The molecule has 2 aromatic heterocycles. The summed E-state index contributed by atoms with van der Waals surface area (Å²) in [6, 6.07) is 15.2. The number of aryl methyl sites for hydroxylation is 1. The lowest BCUT2D eigenvalue weighted by molar-refractivity contribution is 0.0697. The second kappa shape index (κ2) is 5.62. The van der Waals surface area contributed by atoms with Crippen LogP contribution >= 0.6 is 11.3 Å². The Morgan fingerprint density at radius 1 is 1.12 bits per heavy atom. The summed E-state index contributed by atoms with van der Waals surface area (Å²) in [4.78, 5) is 15.9. The van der Waals surface area contributed by atoms with Crippen LogP contribution in [0.3, 0.4) is 0 Å². The molecule has 5 heteroatoms. The fourth-order valence-corrected chi connectivity index (χ4v) is 3.72. The van der Waals surface area contributed by atoms with E-state index in [1.54, 1.807) is 23.5 Å². The Balaban J connectivity index is 1.92. The van der Waals surface area contributed by atoms with Crippen molar-refractivity contribution < 1.29 is 9.90 Å². The largest absolute Gasteiger partial charge is 0.478 e. The number of nitrogens with zero attached hydrogens (tertiary/aromatic N) is 1. The first-order chi connectivity index (χ1) is 11.6. The van der Waals surface area contributed by atoms with E-state index >= 15 is 0 Å². The SMILES string of the molecule is Cc1cccc(Nc2nc3cc(C(=O)O)ccc3c3sccc23)c1. The van der Waals surface area contributed by atoms with Crippen molar-refractivity contribution in [2.45, 2.75) is 6.92 Å². The van der Waals surface area contributed by atoms with Gasteiger partial charge in [-0.1, -0.05) is 18.2 Å². The van der Waals surface area contributed by atoms with Crippen molar-refractivity contribution >= 4 is 49.8 Å². The Hall–Kier alpha value is -2.92. The molecule has 24 heavy (non-hydrogen) atoms. The van der Waals surface area contributed by atoms with E-state index in [0.29, 0.717) is 5.52 Å².